The molecular formula is C45H60N4O. The molecule has 0 saturated heterocycles. The molecule has 5 heteroatoms. The highest BCUT2D eigenvalue weighted by atomic mass is 16.2. The van der Waals surface area contributed by atoms with Gasteiger partial charge in [-0.05, 0) is 96.5 Å². The fourth-order valence-corrected chi connectivity index (χ4v) is 6.53. The van der Waals surface area contributed by atoms with E-state index >= 15 is 0 Å². The normalized spacial score (nSPS) is 11.3. The van der Waals surface area contributed by atoms with Gasteiger partial charge in [0.15, 0.2) is 0 Å². The molecule has 0 fully saturated rings. The van der Waals surface area contributed by atoms with E-state index in [0.29, 0.717) is 5.56 Å². The van der Waals surface area contributed by atoms with Gasteiger partial charge in [-0.25, -0.2) is 10.9 Å². The molecule has 0 unspecified atom stereocenters. The lowest BCUT2D eigenvalue weighted by molar-refractivity contribution is 0.0987. The minimum Gasteiger partial charge on any atom is -0.267 e. The standard InChI is InChI=1S/C45H60N4O/c1-3-5-7-9-11-13-15-18-22-37-32-35-44(36-41(37)23-19-16-14-12-10-8-6-4-2)49(46)45(50)40-28-26-38(27-29-40)39-30-33-43(34-31-39)48-47-42-24-20-17-21-25-42/h17,20-21,24-36H,3-16,18-19,22-23,46H2,1-2H3. The summed E-state index contributed by atoms with van der Waals surface area (Å²) in [7, 11) is 0. The van der Waals surface area contributed by atoms with Crippen LogP contribution in [0.2, 0.25) is 0 Å². The summed E-state index contributed by atoms with van der Waals surface area (Å²) in [6.07, 6.45) is 23.1. The van der Waals surface area contributed by atoms with Crippen LogP contribution < -0.4 is 10.9 Å². The average Bonchev–Trinajstić information content (AvgIpc) is 3.16. The summed E-state index contributed by atoms with van der Waals surface area (Å²) in [5, 5.41) is 9.95. The molecule has 5 nitrogen and oxygen atoms in total. The molecule has 0 aliphatic carbocycles. The van der Waals surface area contributed by atoms with Crippen LogP contribution in [0, 0.1) is 0 Å². The number of hydrogen-bond acceptors (Lipinski definition) is 4. The maximum absolute atomic E-state index is 13.5. The van der Waals surface area contributed by atoms with Gasteiger partial charge in [0.2, 0.25) is 0 Å². The molecule has 266 valence electrons. The van der Waals surface area contributed by atoms with Crippen LogP contribution in [0.4, 0.5) is 17.1 Å². The summed E-state index contributed by atoms with van der Waals surface area (Å²) in [5.74, 6) is 6.31. The molecule has 0 saturated carbocycles. The number of nitrogens with zero attached hydrogens (tertiary/aromatic N) is 3. The van der Waals surface area contributed by atoms with Crippen molar-refractivity contribution in [3.05, 3.63) is 114 Å². The lowest BCUT2D eigenvalue weighted by atomic mass is 9.95. The van der Waals surface area contributed by atoms with Crippen LogP contribution in [-0.4, -0.2) is 5.91 Å². The first-order valence-corrected chi connectivity index (χ1v) is 19.5. The van der Waals surface area contributed by atoms with Crippen LogP contribution in [0.1, 0.15) is 138 Å². The highest BCUT2D eigenvalue weighted by Crippen LogP contribution is 2.27. The topological polar surface area (TPSA) is 71.0 Å². The Bertz CT molecular complexity index is 1550. The van der Waals surface area contributed by atoms with Crippen LogP contribution in [0.25, 0.3) is 11.1 Å². The smallest absolute Gasteiger partial charge is 0.267 e. The number of benzene rings is 4. The van der Waals surface area contributed by atoms with Crippen molar-refractivity contribution in [1.29, 1.82) is 0 Å². The fraction of sp³-hybridized carbons (Fsp3) is 0.444. The Morgan fingerprint density at radius 3 is 1.52 bits per heavy atom. The fourth-order valence-electron chi connectivity index (χ4n) is 6.53. The van der Waals surface area contributed by atoms with E-state index < -0.39 is 0 Å². The zero-order valence-corrected chi connectivity index (χ0v) is 30.8. The maximum atomic E-state index is 13.5. The molecule has 0 radical (unpaired) electrons. The molecule has 4 aromatic carbocycles. The van der Waals surface area contributed by atoms with E-state index in [-0.39, 0.29) is 5.91 Å². The van der Waals surface area contributed by atoms with Crippen molar-refractivity contribution >= 4 is 23.0 Å². The van der Waals surface area contributed by atoms with Gasteiger partial charge >= 0.3 is 0 Å². The van der Waals surface area contributed by atoms with E-state index in [1.54, 1.807) is 0 Å². The molecule has 0 bridgehead atoms. The number of hydrazine groups is 1. The van der Waals surface area contributed by atoms with Gasteiger partial charge in [-0.2, -0.15) is 10.2 Å². The van der Waals surface area contributed by atoms with Gasteiger partial charge in [0, 0.05) is 5.56 Å². The SMILES string of the molecule is CCCCCCCCCCc1ccc(N(N)C(=O)c2ccc(-c3ccc(N=Nc4ccccc4)cc3)cc2)cc1CCCCCCCCCC. The van der Waals surface area contributed by atoms with Gasteiger partial charge < -0.3 is 0 Å². The highest BCUT2D eigenvalue weighted by molar-refractivity contribution is 6.05. The number of carbonyl (C=O) groups is 1. The van der Waals surface area contributed by atoms with Gasteiger partial charge in [0.05, 0.1) is 17.1 Å². The minimum atomic E-state index is -0.206. The summed E-state index contributed by atoms with van der Waals surface area (Å²) >= 11 is 0. The van der Waals surface area contributed by atoms with E-state index in [1.807, 2.05) is 84.9 Å². The predicted molar refractivity (Wildman–Crippen MR) is 213 cm³/mol. The second kappa shape index (κ2) is 22.6. The van der Waals surface area contributed by atoms with Crippen molar-refractivity contribution in [2.24, 2.45) is 16.1 Å². The van der Waals surface area contributed by atoms with E-state index in [1.165, 1.54) is 119 Å². The van der Waals surface area contributed by atoms with Crippen molar-refractivity contribution in [3.63, 3.8) is 0 Å². The predicted octanol–water partition coefficient (Wildman–Crippen LogP) is 13.7. The Morgan fingerprint density at radius 2 is 0.980 bits per heavy atom. The monoisotopic (exact) mass is 672 g/mol. The Morgan fingerprint density at radius 1 is 0.520 bits per heavy atom. The third-order valence-electron chi connectivity index (χ3n) is 9.66. The minimum absolute atomic E-state index is 0.206. The Balaban J connectivity index is 1.35. The summed E-state index contributed by atoms with van der Waals surface area (Å²) < 4.78 is 0. The van der Waals surface area contributed by atoms with Gasteiger partial charge in [-0.15, -0.1) is 0 Å². The summed E-state index contributed by atoms with van der Waals surface area (Å²) in [6, 6.07) is 31.7. The second-order valence-corrected chi connectivity index (χ2v) is 13.7. The maximum Gasteiger partial charge on any atom is 0.272 e. The Labute approximate surface area is 302 Å². The number of nitrogens with two attached hydrogens (primary N) is 1. The number of amides is 1. The molecule has 0 spiro atoms. The summed E-state index contributed by atoms with van der Waals surface area (Å²) in [6.45, 7) is 4.55. The molecule has 4 aromatic rings. The quantitative estimate of drug-likeness (QED) is 0.0280. The summed E-state index contributed by atoms with van der Waals surface area (Å²) in [4.78, 5) is 13.5. The van der Waals surface area contributed by atoms with Crippen molar-refractivity contribution < 1.29 is 4.79 Å². The van der Waals surface area contributed by atoms with E-state index in [2.05, 4.69) is 36.2 Å². The van der Waals surface area contributed by atoms with Crippen LogP contribution in [0.5, 0.6) is 0 Å². The van der Waals surface area contributed by atoms with Crippen LogP contribution in [-0.2, 0) is 12.8 Å². The molecule has 0 aliphatic rings. The molecule has 0 aliphatic heterocycles. The van der Waals surface area contributed by atoms with Crippen LogP contribution in [0.3, 0.4) is 0 Å². The molecule has 4 rings (SSSR count). The first-order valence-electron chi connectivity index (χ1n) is 19.5. The first-order chi connectivity index (χ1) is 24.6. The van der Waals surface area contributed by atoms with E-state index in [4.69, 9.17) is 5.84 Å². The van der Waals surface area contributed by atoms with E-state index in [0.717, 1.165) is 41.0 Å². The van der Waals surface area contributed by atoms with E-state index in [9.17, 15) is 4.79 Å². The number of anilines is 1. The molecule has 1 amide bonds. The Hall–Kier alpha value is -4.09. The van der Waals surface area contributed by atoms with Crippen LogP contribution >= 0.6 is 0 Å². The molecule has 0 aromatic heterocycles. The van der Waals surface area contributed by atoms with Gasteiger partial charge in [-0.3, -0.25) is 4.79 Å². The zero-order chi connectivity index (χ0) is 35.2. The van der Waals surface area contributed by atoms with Gasteiger partial charge in [-0.1, -0.05) is 152 Å². The van der Waals surface area contributed by atoms with Crippen LogP contribution in [0.15, 0.2) is 107 Å². The third kappa shape index (κ3) is 13.3. The van der Waals surface area contributed by atoms with Crippen molar-refractivity contribution in [2.75, 3.05) is 5.01 Å². The second-order valence-electron chi connectivity index (χ2n) is 13.7. The van der Waals surface area contributed by atoms with Gasteiger partial charge in [0.1, 0.15) is 0 Å². The zero-order valence-electron chi connectivity index (χ0n) is 30.8. The molecular weight excluding hydrogens is 613 g/mol. The van der Waals surface area contributed by atoms with Crippen molar-refractivity contribution in [3.8, 4) is 11.1 Å². The number of azo groups is 1. The summed E-state index contributed by atoms with van der Waals surface area (Å²) in [5.41, 5.74) is 7.77. The largest absolute Gasteiger partial charge is 0.272 e. The van der Waals surface area contributed by atoms with Crippen molar-refractivity contribution in [2.45, 2.75) is 129 Å². The number of rotatable bonds is 23. The molecule has 2 N–H and O–H groups in total. The number of aryl methyl sites for hydroxylation is 2. The molecule has 50 heavy (non-hydrogen) atoms. The average molecular weight is 673 g/mol. The number of hydrogen-bond donors (Lipinski definition) is 1. The van der Waals surface area contributed by atoms with Gasteiger partial charge in [0.25, 0.3) is 5.91 Å². The highest BCUT2D eigenvalue weighted by Gasteiger charge is 2.16. The number of carbonyl (C=O) groups excluding carboxylic acids is 1. The molecule has 0 heterocycles. The third-order valence-corrected chi connectivity index (χ3v) is 9.66. The lowest BCUT2D eigenvalue weighted by Gasteiger charge is -2.20. The molecule has 0 atom stereocenters. The number of unbranched alkanes of at least 4 members (excludes halogenated alkanes) is 14. The first kappa shape index (κ1) is 38.7. The van der Waals surface area contributed by atoms with Crippen molar-refractivity contribution in [1.82, 2.24) is 0 Å². The Kier molecular flexibility index (Phi) is 17.5. The lowest BCUT2D eigenvalue weighted by Crippen LogP contribution is -2.37.